The lowest BCUT2D eigenvalue weighted by molar-refractivity contribution is -0.384. The number of likely N-dealkylation sites (tertiary alicyclic amines) is 1. The first-order valence-electron chi connectivity index (χ1n) is 10.3. The molecular weight excluding hydrogens is 488 g/mol. The van der Waals surface area contributed by atoms with Crippen molar-refractivity contribution < 1.29 is 28.8 Å². The van der Waals surface area contributed by atoms with Crippen molar-refractivity contribution >= 4 is 58.0 Å². The Kier molecular flexibility index (Phi) is 11.2. The fraction of sp³-hybridized carbons (Fsp3) is 0.476. The zero-order chi connectivity index (χ0) is 24.4. The molecule has 1 heterocycles. The SMILES string of the molecule is CCOCCSC(SC(C)=O)=C(C(=O)OCc1ccc([N+](=O)[O-])cc1)N1C(=O)CC1SCC. The van der Waals surface area contributed by atoms with E-state index in [9.17, 15) is 24.5 Å². The molecule has 1 aliphatic heterocycles. The van der Waals surface area contributed by atoms with Gasteiger partial charge in [-0.2, -0.15) is 0 Å². The molecule has 0 spiro atoms. The Morgan fingerprint density at radius 2 is 1.94 bits per heavy atom. The largest absolute Gasteiger partial charge is 0.456 e. The van der Waals surface area contributed by atoms with Crippen LogP contribution >= 0.6 is 35.3 Å². The van der Waals surface area contributed by atoms with Crippen molar-refractivity contribution in [3.05, 3.63) is 49.9 Å². The summed E-state index contributed by atoms with van der Waals surface area (Å²) >= 11 is 3.69. The van der Waals surface area contributed by atoms with Crippen molar-refractivity contribution in [3.63, 3.8) is 0 Å². The van der Waals surface area contributed by atoms with E-state index in [1.54, 1.807) is 0 Å². The van der Waals surface area contributed by atoms with Gasteiger partial charge in [-0.25, -0.2) is 4.79 Å². The molecule has 1 aromatic rings. The van der Waals surface area contributed by atoms with Crippen LogP contribution in [0.4, 0.5) is 5.69 Å². The Morgan fingerprint density at radius 3 is 2.48 bits per heavy atom. The Labute approximate surface area is 205 Å². The van der Waals surface area contributed by atoms with Crippen LogP contribution in [0.25, 0.3) is 0 Å². The third kappa shape index (κ3) is 8.05. The molecule has 1 atom stereocenters. The number of esters is 1. The zero-order valence-electron chi connectivity index (χ0n) is 18.6. The molecule has 0 N–H and O–H groups in total. The number of hydrogen-bond acceptors (Lipinski definition) is 10. The van der Waals surface area contributed by atoms with Crippen LogP contribution in [-0.2, 0) is 30.5 Å². The standard InChI is InChI=1S/C21H26N2O7S3/c1-4-29-10-11-32-21(33-14(3)24)19(22-17(25)12-18(22)31-5-2)20(26)30-13-15-6-8-16(9-7-15)23(27)28/h6-9,18H,4-5,10-13H2,1-3H3. The van der Waals surface area contributed by atoms with E-state index in [-0.39, 0.29) is 34.4 Å². The second-order valence-electron chi connectivity index (χ2n) is 6.65. The summed E-state index contributed by atoms with van der Waals surface area (Å²) in [4.78, 5) is 49.3. The molecule has 0 aromatic heterocycles. The molecule has 2 rings (SSSR count). The average molecular weight is 515 g/mol. The van der Waals surface area contributed by atoms with E-state index >= 15 is 0 Å². The maximum Gasteiger partial charge on any atom is 0.357 e. The highest BCUT2D eigenvalue weighted by Crippen LogP contribution is 2.41. The van der Waals surface area contributed by atoms with Crippen molar-refractivity contribution in [2.75, 3.05) is 24.7 Å². The summed E-state index contributed by atoms with van der Waals surface area (Å²) < 4.78 is 11.2. The van der Waals surface area contributed by atoms with Crippen LogP contribution in [0.15, 0.2) is 34.2 Å². The molecule has 12 heteroatoms. The van der Waals surface area contributed by atoms with Gasteiger partial charge in [0.2, 0.25) is 5.91 Å². The van der Waals surface area contributed by atoms with Gasteiger partial charge in [0, 0.05) is 31.4 Å². The molecule has 180 valence electrons. The molecule has 0 saturated carbocycles. The van der Waals surface area contributed by atoms with Crippen LogP contribution in [0, 0.1) is 10.1 Å². The van der Waals surface area contributed by atoms with Gasteiger partial charge in [-0.05, 0) is 42.1 Å². The van der Waals surface area contributed by atoms with E-state index in [4.69, 9.17) is 9.47 Å². The maximum absolute atomic E-state index is 13.2. The molecule has 1 amide bonds. The van der Waals surface area contributed by atoms with Crippen molar-refractivity contribution in [1.29, 1.82) is 0 Å². The van der Waals surface area contributed by atoms with Crippen LogP contribution < -0.4 is 0 Å². The number of nitrogens with zero attached hydrogens (tertiary/aromatic N) is 2. The Bertz CT molecular complexity index is 906. The van der Waals surface area contributed by atoms with Gasteiger partial charge >= 0.3 is 5.97 Å². The highest BCUT2D eigenvalue weighted by atomic mass is 32.2. The quantitative estimate of drug-likeness (QED) is 0.0948. The Hall–Kier alpha value is -2.02. The lowest BCUT2D eigenvalue weighted by Gasteiger charge is -2.40. The number of nitro benzene ring substituents is 1. The summed E-state index contributed by atoms with van der Waals surface area (Å²) in [5.41, 5.74) is 0.551. The molecule has 0 aliphatic carbocycles. The van der Waals surface area contributed by atoms with Gasteiger partial charge in [0.05, 0.1) is 27.6 Å². The number of nitro groups is 1. The summed E-state index contributed by atoms with van der Waals surface area (Å²) in [6, 6.07) is 5.66. The van der Waals surface area contributed by atoms with Gasteiger partial charge in [0.15, 0.2) is 10.8 Å². The van der Waals surface area contributed by atoms with Gasteiger partial charge in [0.1, 0.15) is 6.61 Å². The number of ether oxygens (including phenoxy) is 2. The van der Waals surface area contributed by atoms with Gasteiger partial charge in [-0.15, -0.1) is 23.5 Å². The fourth-order valence-electron chi connectivity index (χ4n) is 2.81. The number of carbonyl (C=O) groups is 3. The predicted molar refractivity (Wildman–Crippen MR) is 131 cm³/mol. The monoisotopic (exact) mass is 514 g/mol. The molecular formula is C21H26N2O7S3. The summed E-state index contributed by atoms with van der Waals surface area (Å²) in [6.07, 6.45) is 0.305. The van der Waals surface area contributed by atoms with E-state index in [0.29, 0.717) is 35.2 Å². The van der Waals surface area contributed by atoms with Crippen LogP contribution in [0.1, 0.15) is 32.8 Å². The normalized spacial score (nSPS) is 16.2. The number of amides is 1. The van der Waals surface area contributed by atoms with Crippen LogP contribution in [-0.4, -0.2) is 56.9 Å². The van der Waals surface area contributed by atoms with E-state index < -0.39 is 10.9 Å². The number of β-lactam (4-membered cyclic amide) rings is 1. The highest BCUT2D eigenvalue weighted by molar-refractivity contribution is 8.29. The van der Waals surface area contributed by atoms with Gasteiger partial charge in [-0.1, -0.05) is 6.92 Å². The molecule has 1 aliphatic rings. The molecule has 9 nitrogen and oxygen atoms in total. The summed E-state index contributed by atoms with van der Waals surface area (Å²) in [6.45, 7) is 6.07. The van der Waals surface area contributed by atoms with Gasteiger partial charge in [-0.3, -0.25) is 24.6 Å². The molecule has 1 saturated heterocycles. The molecule has 1 unspecified atom stereocenters. The van der Waals surface area contributed by atoms with Crippen LogP contribution in [0.5, 0.6) is 0 Å². The number of carbonyl (C=O) groups excluding carboxylic acids is 3. The number of thioether (sulfide) groups is 3. The number of benzene rings is 1. The Balaban J connectivity index is 2.29. The van der Waals surface area contributed by atoms with Crippen LogP contribution in [0.2, 0.25) is 0 Å². The lowest BCUT2D eigenvalue weighted by Crippen LogP contribution is -2.52. The first-order valence-corrected chi connectivity index (χ1v) is 13.1. The molecule has 0 radical (unpaired) electrons. The summed E-state index contributed by atoms with van der Waals surface area (Å²) in [7, 11) is 0. The minimum Gasteiger partial charge on any atom is -0.456 e. The zero-order valence-corrected chi connectivity index (χ0v) is 21.1. The Morgan fingerprint density at radius 1 is 1.24 bits per heavy atom. The second-order valence-corrected chi connectivity index (χ2v) is 10.7. The molecule has 0 bridgehead atoms. The topological polar surface area (TPSA) is 116 Å². The third-order valence-corrected chi connectivity index (χ3v) is 7.50. The summed E-state index contributed by atoms with van der Waals surface area (Å²) in [5, 5.41) is 10.4. The molecule has 1 fully saturated rings. The third-order valence-electron chi connectivity index (χ3n) is 4.31. The number of rotatable bonds is 13. The van der Waals surface area contributed by atoms with E-state index in [1.165, 1.54) is 59.6 Å². The van der Waals surface area contributed by atoms with Crippen LogP contribution in [0.3, 0.4) is 0 Å². The van der Waals surface area contributed by atoms with Crippen molar-refractivity contribution in [2.45, 2.75) is 39.2 Å². The average Bonchev–Trinajstić information content (AvgIpc) is 2.77. The number of hydrogen-bond donors (Lipinski definition) is 0. The van der Waals surface area contributed by atoms with Gasteiger partial charge < -0.3 is 9.47 Å². The van der Waals surface area contributed by atoms with Crippen molar-refractivity contribution in [3.8, 4) is 0 Å². The smallest absolute Gasteiger partial charge is 0.357 e. The maximum atomic E-state index is 13.2. The fourth-order valence-corrected chi connectivity index (χ4v) is 5.91. The minimum atomic E-state index is -0.726. The van der Waals surface area contributed by atoms with Crippen molar-refractivity contribution in [2.24, 2.45) is 0 Å². The predicted octanol–water partition coefficient (Wildman–Crippen LogP) is 4.17. The van der Waals surface area contributed by atoms with Gasteiger partial charge in [0.25, 0.3) is 5.69 Å². The highest BCUT2D eigenvalue weighted by Gasteiger charge is 2.43. The molecule has 33 heavy (non-hydrogen) atoms. The van der Waals surface area contributed by atoms with E-state index in [0.717, 1.165) is 17.5 Å². The second kappa shape index (κ2) is 13.6. The minimum absolute atomic E-state index is 0.0563. The van der Waals surface area contributed by atoms with Crippen molar-refractivity contribution in [1.82, 2.24) is 4.90 Å². The van der Waals surface area contributed by atoms with E-state index in [1.807, 2.05) is 13.8 Å². The lowest BCUT2D eigenvalue weighted by atomic mass is 10.2. The van der Waals surface area contributed by atoms with E-state index in [2.05, 4.69) is 0 Å². The number of non-ortho nitro benzene ring substituents is 1. The first-order chi connectivity index (χ1) is 15.8. The molecule has 1 aromatic carbocycles. The first kappa shape index (κ1) is 27.2. The summed E-state index contributed by atoms with van der Waals surface area (Å²) in [5.74, 6) is 0.314.